The van der Waals surface area contributed by atoms with Gasteiger partial charge in [-0.05, 0) is 43.9 Å². The molecule has 0 bridgehead atoms. The molecule has 0 atom stereocenters. The zero-order valence-corrected chi connectivity index (χ0v) is 16.3. The van der Waals surface area contributed by atoms with Crippen molar-refractivity contribution in [2.24, 2.45) is 0 Å². The fourth-order valence-corrected chi connectivity index (χ4v) is 4.02. The van der Waals surface area contributed by atoms with Gasteiger partial charge in [0.1, 0.15) is 23.2 Å². The first kappa shape index (κ1) is 19.7. The second kappa shape index (κ2) is 9.74. The maximum Gasteiger partial charge on any atom is 0.306 e. The summed E-state index contributed by atoms with van der Waals surface area (Å²) in [6.45, 7) is 2.44. The molecule has 0 radical (unpaired) electrons. The van der Waals surface area contributed by atoms with Crippen LogP contribution in [0.2, 0.25) is 0 Å². The Morgan fingerprint density at radius 2 is 2.15 bits per heavy atom. The van der Waals surface area contributed by atoms with Crippen LogP contribution in [0.25, 0.3) is 0 Å². The molecule has 1 saturated carbocycles. The molecule has 27 heavy (non-hydrogen) atoms. The number of carbonyl (C=O) groups is 1. The highest BCUT2D eigenvalue weighted by molar-refractivity contribution is 8.00. The predicted molar refractivity (Wildman–Crippen MR) is 103 cm³/mol. The molecule has 144 valence electrons. The maximum atomic E-state index is 14.3. The number of carbonyl (C=O) groups excluding carboxylic acids is 1. The lowest BCUT2D eigenvalue weighted by Crippen LogP contribution is -2.13. The molecule has 2 aromatic rings. The van der Waals surface area contributed by atoms with Crippen LogP contribution < -0.4 is 4.74 Å². The number of ether oxygens (including phenoxy) is 2. The van der Waals surface area contributed by atoms with Crippen molar-refractivity contribution in [1.29, 1.82) is 0 Å². The molecule has 4 nitrogen and oxygen atoms in total. The van der Waals surface area contributed by atoms with Crippen LogP contribution in [0, 0.1) is 5.82 Å². The van der Waals surface area contributed by atoms with E-state index in [1.807, 2.05) is 12.1 Å². The van der Waals surface area contributed by atoms with E-state index < -0.39 is 0 Å². The Morgan fingerprint density at radius 3 is 2.85 bits per heavy atom. The van der Waals surface area contributed by atoms with Gasteiger partial charge in [0.2, 0.25) is 0 Å². The van der Waals surface area contributed by atoms with E-state index in [1.165, 1.54) is 25.3 Å². The van der Waals surface area contributed by atoms with E-state index in [-0.39, 0.29) is 18.2 Å². The van der Waals surface area contributed by atoms with Gasteiger partial charge in [-0.2, -0.15) is 0 Å². The van der Waals surface area contributed by atoms with Gasteiger partial charge in [-0.3, -0.25) is 4.79 Å². The fourth-order valence-electron chi connectivity index (χ4n) is 2.74. The molecular formula is C21H24FNO3S. The third-order valence-electron chi connectivity index (χ3n) is 4.50. The van der Waals surface area contributed by atoms with Gasteiger partial charge in [0, 0.05) is 29.5 Å². The Bertz CT molecular complexity index is 780. The Morgan fingerprint density at radius 1 is 1.30 bits per heavy atom. The van der Waals surface area contributed by atoms with Crippen LogP contribution in [0.3, 0.4) is 0 Å². The Hall–Kier alpha value is -2.08. The SMILES string of the molecule is CCOC(=O)CCc1ccc(OCc2cccnc2SC2CCC2)cc1F. The van der Waals surface area contributed by atoms with Crippen LogP contribution in [0.1, 0.15) is 43.7 Å². The lowest BCUT2D eigenvalue weighted by atomic mass is 10.0. The Labute approximate surface area is 163 Å². The van der Waals surface area contributed by atoms with E-state index in [2.05, 4.69) is 4.98 Å². The van der Waals surface area contributed by atoms with Gasteiger partial charge in [0.05, 0.1) is 6.61 Å². The number of hydrogen-bond acceptors (Lipinski definition) is 5. The van der Waals surface area contributed by atoms with Gasteiger partial charge in [-0.15, -0.1) is 11.8 Å². The highest BCUT2D eigenvalue weighted by atomic mass is 32.2. The van der Waals surface area contributed by atoms with Crippen molar-refractivity contribution in [2.75, 3.05) is 6.61 Å². The average Bonchev–Trinajstić information content (AvgIpc) is 2.63. The zero-order chi connectivity index (χ0) is 19.1. The fraction of sp³-hybridized carbons (Fsp3) is 0.429. The number of aromatic nitrogens is 1. The van der Waals surface area contributed by atoms with E-state index in [1.54, 1.807) is 37.0 Å². The molecule has 0 amide bonds. The number of rotatable bonds is 9. The molecule has 6 heteroatoms. The van der Waals surface area contributed by atoms with Crippen molar-refractivity contribution in [3.05, 3.63) is 53.5 Å². The lowest BCUT2D eigenvalue weighted by Gasteiger charge is -2.24. The van der Waals surface area contributed by atoms with Gasteiger partial charge in [0.15, 0.2) is 0 Å². The second-order valence-corrected chi connectivity index (χ2v) is 7.77. The molecule has 0 N–H and O–H groups in total. The van der Waals surface area contributed by atoms with E-state index in [9.17, 15) is 9.18 Å². The number of thioether (sulfide) groups is 1. The second-order valence-electron chi connectivity index (χ2n) is 6.49. The van der Waals surface area contributed by atoms with Crippen molar-refractivity contribution in [3.63, 3.8) is 0 Å². The van der Waals surface area contributed by atoms with Crippen molar-refractivity contribution in [2.45, 2.75) is 55.9 Å². The number of hydrogen-bond donors (Lipinski definition) is 0. The monoisotopic (exact) mass is 389 g/mol. The number of nitrogens with zero attached hydrogens (tertiary/aromatic N) is 1. The minimum absolute atomic E-state index is 0.169. The van der Waals surface area contributed by atoms with Crippen LogP contribution >= 0.6 is 11.8 Å². The summed E-state index contributed by atoms with van der Waals surface area (Å²) in [5, 5.41) is 1.64. The summed E-state index contributed by atoms with van der Waals surface area (Å²) in [4.78, 5) is 15.9. The highest BCUT2D eigenvalue weighted by Crippen LogP contribution is 2.37. The van der Waals surface area contributed by atoms with Crippen molar-refractivity contribution >= 4 is 17.7 Å². The topological polar surface area (TPSA) is 48.4 Å². The third kappa shape index (κ3) is 5.70. The number of aryl methyl sites for hydroxylation is 1. The van der Waals surface area contributed by atoms with E-state index >= 15 is 0 Å². The van der Waals surface area contributed by atoms with Gasteiger partial charge in [-0.25, -0.2) is 9.37 Å². The van der Waals surface area contributed by atoms with Crippen LogP contribution in [0.4, 0.5) is 4.39 Å². The van der Waals surface area contributed by atoms with Gasteiger partial charge in [0.25, 0.3) is 0 Å². The minimum atomic E-state index is -0.368. The molecule has 1 aromatic heterocycles. The average molecular weight is 389 g/mol. The first-order valence-corrected chi connectivity index (χ1v) is 10.2. The molecule has 1 heterocycles. The molecule has 3 rings (SSSR count). The number of esters is 1. The van der Waals surface area contributed by atoms with E-state index in [4.69, 9.17) is 9.47 Å². The Kier molecular flexibility index (Phi) is 7.10. The summed E-state index contributed by atoms with van der Waals surface area (Å²) < 4.78 is 24.9. The molecule has 1 aliphatic carbocycles. The number of halogens is 1. The van der Waals surface area contributed by atoms with Crippen LogP contribution in [0.5, 0.6) is 5.75 Å². The lowest BCUT2D eigenvalue weighted by molar-refractivity contribution is -0.143. The van der Waals surface area contributed by atoms with Crippen LogP contribution in [-0.4, -0.2) is 22.8 Å². The summed E-state index contributed by atoms with van der Waals surface area (Å²) in [7, 11) is 0. The van der Waals surface area contributed by atoms with Crippen molar-refractivity contribution in [3.8, 4) is 5.75 Å². The van der Waals surface area contributed by atoms with Crippen LogP contribution in [-0.2, 0) is 22.6 Å². The highest BCUT2D eigenvalue weighted by Gasteiger charge is 2.20. The quantitative estimate of drug-likeness (QED) is 0.569. The molecule has 1 fully saturated rings. The summed E-state index contributed by atoms with van der Waals surface area (Å²) >= 11 is 1.80. The van der Waals surface area contributed by atoms with Gasteiger partial charge >= 0.3 is 5.97 Å². The molecular weight excluding hydrogens is 365 g/mol. The molecule has 0 saturated heterocycles. The summed E-state index contributed by atoms with van der Waals surface area (Å²) in [6.07, 6.45) is 6.04. The molecule has 1 aliphatic rings. The van der Waals surface area contributed by atoms with Crippen molar-refractivity contribution in [1.82, 2.24) is 4.98 Å². The zero-order valence-electron chi connectivity index (χ0n) is 15.4. The van der Waals surface area contributed by atoms with E-state index in [0.717, 1.165) is 10.6 Å². The van der Waals surface area contributed by atoms with E-state index in [0.29, 0.717) is 36.2 Å². The van der Waals surface area contributed by atoms with Gasteiger partial charge in [-0.1, -0.05) is 18.6 Å². The largest absolute Gasteiger partial charge is 0.489 e. The third-order valence-corrected chi connectivity index (χ3v) is 5.90. The smallest absolute Gasteiger partial charge is 0.306 e. The Balaban J connectivity index is 1.57. The molecule has 0 spiro atoms. The predicted octanol–water partition coefficient (Wildman–Crippen LogP) is 4.94. The standard InChI is InChI=1S/C21H24FNO3S/c1-2-25-20(24)11-9-15-8-10-17(13-19(15)22)26-14-16-5-4-12-23-21(16)27-18-6-3-7-18/h4-5,8,10,12-13,18H,2-3,6-7,9,11,14H2,1H3. The summed E-state index contributed by atoms with van der Waals surface area (Å²) in [6, 6.07) is 8.66. The first-order chi connectivity index (χ1) is 13.2. The maximum absolute atomic E-state index is 14.3. The number of benzene rings is 1. The van der Waals surface area contributed by atoms with Crippen LogP contribution in [0.15, 0.2) is 41.6 Å². The number of pyridine rings is 1. The molecule has 0 aliphatic heterocycles. The molecule has 0 unspecified atom stereocenters. The normalized spacial score (nSPS) is 13.9. The van der Waals surface area contributed by atoms with Gasteiger partial charge < -0.3 is 9.47 Å². The first-order valence-electron chi connectivity index (χ1n) is 9.33. The molecule has 1 aromatic carbocycles. The summed E-state index contributed by atoms with van der Waals surface area (Å²) in [5.41, 5.74) is 1.50. The minimum Gasteiger partial charge on any atom is -0.489 e. The van der Waals surface area contributed by atoms with Crippen molar-refractivity contribution < 1.29 is 18.7 Å². The summed E-state index contributed by atoms with van der Waals surface area (Å²) in [5.74, 6) is -0.215.